The third kappa shape index (κ3) is 9.59. The van der Waals surface area contributed by atoms with Gasteiger partial charge >= 0.3 is 6.03 Å². The standard InChI is InChI=1S/C29H35Cl2N3O5S/c1-4-39-15-6-13-34(29(36)32-25-10-9-22(30)18-24(25)31)20-28(35)33(19-23-7-5-16-40-23)14-12-21-8-11-26(37-2)27(17-21)38-3/h5,7-11,16-18H,4,6,12-15,19-20H2,1-3H3,(H,32,36). The van der Waals surface area contributed by atoms with Crippen LogP contribution >= 0.6 is 34.5 Å². The van der Waals surface area contributed by atoms with E-state index < -0.39 is 6.03 Å². The first kappa shape index (κ1) is 31.5. The molecule has 40 heavy (non-hydrogen) atoms. The molecule has 0 saturated heterocycles. The molecular weight excluding hydrogens is 573 g/mol. The largest absolute Gasteiger partial charge is 0.493 e. The molecule has 0 fully saturated rings. The second-order valence-electron chi connectivity index (χ2n) is 8.86. The van der Waals surface area contributed by atoms with Gasteiger partial charge in [-0.25, -0.2) is 4.79 Å². The van der Waals surface area contributed by atoms with Crippen molar-refractivity contribution >= 4 is 52.2 Å². The molecule has 3 aromatic rings. The molecule has 0 unspecified atom stereocenters. The summed E-state index contributed by atoms with van der Waals surface area (Å²) in [7, 11) is 3.19. The van der Waals surface area contributed by atoms with Crippen LogP contribution in [-0.2, 0) is 22.5 Å². The lowest BCUT2D eigenvalue weighted by molar-refractivity contribution is -0.132. The van der Waals surface area contributed by atoms with Gasteiger partial charge in [0.05, 0.1) is 31.5 Å². The van der Waals surface area contributed by atoms with Crippen LogP contribution in [0.3, 0.4) is 0 Å². The van der Waals surface area contributed by atoms with Crippen LogP contribution in [0.15, 0.2) is 53.9 Å². The molecule has 2 aromatic carbocycles. The summed E-state index contributed by atoms with van der Waals surface area (Å²) >= 11 is 13.9. The van der Waals surface area contributed by atoms with E-state index in [-0.39, 0.29) is 12.5 Å². The van der Waals surface area contributed by atoms with Crippen LogP contribution in [0.2, 0.25) is 10.0 Å². The van der Waals surface area contributed by atoms with Crippen molar-refractivity contribution in [2.24, 2.45) is 0 Å². The maximum atomic E-state index is 13.7. The Morgan fingerprint density at radius 1 is 0.975 bits per heavy atom. The molecule has 1 heterocycles. The fourth-order valence-electron chi connectivity index (χ4n) is 3.99. The van der Waals surface area contributed by atoms with Gasteiger partial charge in [0.1, 0.15) is 6.54 Å². The predicted molar refractivity (Wildman–Crippen MR) is 161 cm³/mol. The number of ether oxygens (including phenoxy) is 3. The third-order valence-electron chi connectivity index (χ3n) is 6.10. The number of rotatable bonds is 15. The van der Waals surface area contributed by atoms with Crippen LogP contribution in [0.5, 0.6) is 11.5 Å². The molecule has 0 aliphatic heterocycles. The number of thiophene rings is 1. The molecule has 216 valence electrons. The number of hydrogen-bond donors (Lipinski definition) is 1. The number of halogens is 2. The van der Waals surface area contributed by atoms with Crippen LogP contribution in [0, 0.1) is 0 Å². The zero-order chi connectivity index (χ0) is 28.9. The molecule has 1 aromatic heterocycles. The Kier molecular flexibility index (Phi) is 12.9. The SMILES string of the molecule is CCOCCCN(CC(=O)N(CCc1ccc(OC)c(OC)c1)Cc1cccs1)C(=O)Nc1ccc(Cl)cc1Cl. The highest BCUT2D eigenvalue weighted by Gasteiger charge is 2.23. The number of nitrogens with zero attached hydrogens (tertiary/aromatic N) is 2. The van der Waals surface area contributed by atoms with Crippen molar-refractivity contribution in [3.63, 3.8) is 0 Å². The Balaban J connectivity index is 1.75. The molecule has 0 atom stereocenters. The van der Waals surface area contributed by atoms with Crippen molar-refractivity contribution in [3.05, 3.63) is 74.4 Å². The molecule has 8 nitrogen and oxygen atoms in total. The zero-order valence-corrected chi connectivity index (χ0v) is 25.3. The van der Waals surface area contributed by atoms with E-state index in [2.05, 4.69) is 5.32 Å². The summed E-state index contributed by atoms with van der Waals surface area (Å²) in [5, 5.41) is 5.57. The van der Waals surface area contributed by atoms with Crippen LogP contribution in [0.25, 0.3) is 0 Å². The summed E-state index contributed by atoms with van der Waals surface area (Å²) < 4.78 is 16.2. The molecule has 3 amide bonds. The second kappa shape index (κ2) is 16.3. The Hall–Kier alpha value is -2.98. The van der Waals surface area contributed by atoms with E-state index in [1.54, 1.807) is 48.7 Å². The van der Waals surface area contributed by atoms with E-state index in [0.29, 0.717) is 72.9 Å². The van der Waals surface area contributed by atoms with Crippen molar-refractivity contribution in [1.29, 1.82) is 0 Å². The van der Waals surface area contributed by atoms with E-state index in [4.69, 9.17) is 37.4 Å². The lowest BCUT2D eigenvalue weighted by atomic mass is 10.1. The van der Waals surface area contributed by atoms with Crippen molar-refractivity contribution in [3.8, 4) is 11.5 Å². The first-order valence-corrected chi connectivity index (χ1v) is 14.6. The van der Waals surface area contributed by atoms with E-state index in [0.717, 1.165) is 10.4 Å². The van der Waals surface area contributed by atoms with Crippen molar-refractivity contribution in [2.45, 2.75) is 26.3 Å². The predicted octanol–water partition coefficient (Wildman–Crippen LogP) is 6.60. The number of hydrogen-bond acceptors (Lipinski definition) is 6. The molecule has 1 N–H and O–H groups in total. The minimum absolute atomic E-state index is 0.0967. The zero-order valence-electron chi connectivity index (χ0n) is 23.0. The molecule has 0 saturated carbocycles. The number of amides is 3. The van der Waals surface area contributed by atoms with Gasteiger partial charge in [-0.2, -0.15) is 0 Å². The monoisotopic (exact) mass is 607 g/mol. The molecule has 0 aliphatic rings. The highest BCUT2D eigenvalue weighted by molar-refractivity contribution is 7.09. The number of carbonyl (C=O) groups excluding carboxylic acids is 2. The van der Waals surface area contributed by atoms with Gasteiger partial charge in [0.15, 0.2) is 11.5 Å². The Labute approximate surface area is 249 Å². The highest BCUT2D eigenvalue weighted by Crippen LogP contribution is 2.28. The first-order valence-electron chi connectivity index (χ1n) is 12.9. The van der Waals surface area contributed by atoms with Gasteiger partial charge in [0.25, 0.3) is 0 Å². The van der Waals surface area contributed by atoms with Crippen LogP contribution < -0.4 is 14.8 Å². The third-order valence-corrected chi connectivity index (χ3v) is 7.51. The van der Waals surface area contributed by atoms with Gasteiger partial charge in [-0.05, 0) is 67.1 Å². The maximum absolute atomic E-state index is 13.7. The summed E-state index contributed by atoms with van der Waals surface area (Å²) in [5.41, 5.74) is 1.42. The fourth-order valence-corrected chi connectivity index (χ4v) is 5.16. The van der Waals surface area contributed by atoms with Gasteiger partial charge in [-0.3, -0.25) is 4.79 Å². The van der Waals surface area contributed by atoms with Crippen molar-refractivity contribution in [1.82, 2.24) is 9.80 Å². The highest BCUT2D eigenvalue weighted by atomic mass is 35.5. The number of anilines is 1. The quantitative estimate of drug-likeness (QED) is 0.197. The van der Waals surface area contributed by atoms with Gasteiger partial charge in [-0.15, -0.1) is 11.3 Å². The minimum Gasteiger partial charge on any atom is -0.493 e. The van der Waals surface area contributed by atoms with Crippen molar-refractivity contribution < 1.29 is 23.8 Å². The number of urea groups is 1. The lowest BCUT2D eigenvalue weighted by Gasteiger charge is -2.28. The Morgan fingerprint density at radius 2 is 1.77 bits per heavy atom. The van der Waals surface area contributed by atoms with E-state index in [1.807, 2.05) is 42.6 Å². The number of nitrogens with one attached hydrogen (secondary N) is 1. The summed E-state index contributed by atoms with van der Waals surface area (Å²) in [6.07, 6.45) is 1.19. The lowest BCUT2D eigenvalue weighted by Crippen LogP contribution is -2.45. The number of carbonyl (C=O) groups is 2. The molecule has 3 rings (SSSR count). The normalized spacial score (nSPS) is 10.7. The smallest absolute Gasteiger partial charge is 0.322 e. The van der Waals surface area contributed by atoms with Crippen LogP contribution in [-0.4, -0.2) is 68.8 Å². The van der Waals surface area contributed by atoms with Crippen LogP contribution in [0.1, 0.15) is 23.8 Å². The van der Waals surface area contributed by atoms with E-state index in [9.17, 15) is 9.59 Å². The fraction of sp³-hybridized carbons (Fsp3) is 0.379. The average molecular weight is 609 g/mol. The van der Waals surface area contributed by atoms with Gasteiger partial charge in [0.2, 0.25) is 5.91 Å². The van der Waals surface area contributed by atoms with E-state index in [1.165, 1.54) is 4.90 Å². The molecule has 11 heteroatoms. The first-order chi connectivity index (χ1) is 19.3. The number of methoxy groups -OCH3 is 2. The Morgan fingerprint density at radius 3 is 2.45 bits per heavy atom. The molecule has 0 bridgehead atoms. The van der Waals surface area contributed by atoms with Gasteiger partial charge < -0.3 is 29.3 Å². The molecule has 0 radical (unpaired) electrons. The van der Waals surface area contributed by atoms with Gasteiger partial charge in [0, 0.05) is 36.2 Å². The Bertz CT molecular complexity index is 1240. The van der Waals surface area contributed by atoms with E-state index >= 15 is 0 Å². The van der Waals surface area contributed by atoms with Crippen molar-refractivity contribution in [2.75, 3.05) is 52.4 Å². The summed E-state index contributed by atoms with van der Waals surface area (Å²) in [5.74, 6) is 1.11. The van der Waals surface area contributed by atoms with Crippen LogP contribution in [0.4, 0.5) is 10.5 Å². The summed E-state index contributed by atoms with van der Waals surface area (Å²) in [6.45, 7) is 4.12. The summed E-state index contributed by atoms with van der Waals surface area (Å²) in [4.78, 5) is 31.3. The maximum Gasteiger partial charge on any atom is 0.322 e. The minimum atomic E-state index is -0.426. The van der Waals surface area contributed by atoms with Gasteiger partial charge in [-0.1, -0.05) is 35.3 Å². The molecule has 0 aliphatic carbocycles. The molecular formula is C29H35Cl2N3O5S. The molecule has 0 spiro atoms. The topological polar surface area (TPSA) is 80.3 Å². The number of benzene rings is 2. The summed E-state index contributed by atoms with van der Waals surface area (Å²) in [6, 6.07) is 14.1. The average Bonchev–Trinajstić information content (AvgIpc) is 3.47. The second-order valence-corrected chi connectivity index (χ2v) is 10.7.